The lowest BCUT2D eigenvalue weighted by molar-refractivity contribution is 0.0265. The molecule has 0 aliphatic heterocycles. The van der Waals surface area contributed by atoms with Crippen molar-refractivity contribution in [1.29, 1.82) is 0 Å². The molecule has 0 aromatic heterocycles. The number of hydrogen-bond donors (Lipinski definition) is 1. The Labute approximate surface area is 120 Å². The first-order chi connectivity index (χ1) is 9.45. The SMILES string of the molecule is CC(C)Oc1ccc(C(=O)N(C)CC2CC(O)C2)cc1. The highest BCUT2D eigenvalue weighted by molar-refractivity contribution is 5.94. The number of carbonyl (C=O) groups excluding carboxylic acids is 1. The van der Waals surface area contributed by atoms with Crippen LogP contribution in [0.25, 0.3) is 0 Å². The highest BCUT2D eigenvalue weighted by Gasteiger charge is 2.29. The number of carbonyl (C=O) groups is 1. The van der Waals surface area contributed by atoms with Crippen LogP contribution in [-0.4, -0.2) is 41.7 Å². The average Bonchev–Trinajstić information content (AvgIpc) is 2.36. The van der Waals surface area contributed by atoms with Gasteiger partial charge in [-0.1, -0.05) is 0 Å². The minimum absolute atomic E-state index is 0.0162. The van der Waals surface area contributed by atoms with Crippen LogP contribution in [0.5, 0.6) is 5.75 Å². The van der Waals surface area contributed by atoms with E-state index in [0.717, 1.165) is 18.6 Å². The predicted molar refractivity (Wildman–Crippen MR) is 77.9 cm³/mol. The fourth-order valence-corrected chi connectivity index (χ4v) is 2.49. The van der Waals surface area contributed by atoms with Gasteiger partial charge in [0.05, 0.1) is 12.2 Å². The molecule has 1 aliphatic rings. The Morgan fingerprint density at radius 2 is 1.95 bits per heavy atom. The third-order valence-electron chi connectivity index (χ3n) is 3.56. The Kier molecular flexibility index (Phi) is 4.65. The van der Waals surface area contributed by atoms with Crippen LogP contribution in [0.4, 0.5) is 0 Å². The molecule has 1 amide bonds. The van der Waals surface area contributed by atoms with E-state index in [0.29, 0.717) is 18.0 Å². The number of amides is 1. The molecular formula is C16H23NO3. The second-order valence-electron chi connectivity index (χ2n) is 5.87. The summed E-state index contributed by atoms with van der Waals surface area (Å²) in [6.45, 7) is 4.65. The minimum Gasteiger partial charge on any atom is -0.491 e. The lowest BCUT2D eigenvalue weighted by Gasteiger charge is -2.34. The van der Waals surface area contributed by atoms with Crippen LogP contribution in [-0.2, 0) is 0 Å². The number of aliphatic hydroxyl groups excluding tert-OH is 1. The molecule has 0 bridgehead atoms. The van der Waals surface area contributed by atoms with Gasteiger partial charge in [0, 0.05) is 19.2 Å². The zero-order valence-corrected chi connectivity index (χ0v) is 12.4. The Morgan fingerprint density at radius 3 is 2.45 bits per heavy atom. The van der Waals surface area contributed by atoms with Crippen molar-refractivity contribution in [2.75, 3.05) is 13.6 Å². The van der Waals surface area contributed by atoms with Crippen LogP contribution in [0.2, 0.25) is 0 Å². The molecule has 0 radical (unpaired) electrons. The number of nitrogens with zero attached hydrogens (tertiary/aromatic N) is 1. The van der Waals surface area contributed by atoms with Crippen LogP contribution in [0.15, 0.2) is 24.3 Å². The van der Waals surface area contributed by atoms with Gasteiger partial charge in [-0.25, -0.2) is 0 Å². The largest absolute Gasteiger partial charge is 0.491 e. The number of benzene rings is 1. The van der Waals surface area contributed by atoms with Gasteiger partial charge in [-0.2, -0.15) is 0 Å². The maximum Gasteiger partial charge on any atom is 0.253 e. The Morgan fingerprint density at radius 1 is 1.35 bits per heavy atom. The van der Waals surface area contributed by atoms with Gasteiger partial charge < -0.3 is 14.7 Å². The molecule has 0 atom stereocenters. The van der Waals surface area contributed by atoms with Gasteiger partial charge >= 0.3 is 0 Å². The summed E-state index contributed by atoms with van der Waals surface area (Å²) in [6, 6.07) is 7.25. The van der Waals surface area contributed by atoms with E-state index in [9.17, 15) is 9.90 Å². The van der Waals surface area contributed by atoms with E-state index in [-0.39, 0.29) is 18.1 Å². The molecule has 1 saturated carbocycles. The Hall–Kier alpha value is -1.55. The zero-order valence-electron chi connectivity index (χ0n) is 12.4. The quantitative estimate of drug-likeness (QED) is 0.898. The minimum atomic E-state index is -0.170. The van der Waals surface area contributed by atoms with Gasteiger partial charge in [-0.3, -0.25) is 4.79 Å². The van der Waals surface area contributed by atoms with E-state index in [2.05, 4.69) is 0 Å². The molecule has 0 heterocycles. The van der Waals surface area contributed by atoms with Gasteiger partial charge in [0.2, 0.25) is 0 Å². The van der Waals surface area contributed by atoms with Gasteiger partial charge in [-0.05, 0) is 56.9 Å². The van der Waals surface area contributed by atoms with Gasteiger partial charge in [-0.15, -0.1) is 0 Å². The average molecular weight is 277 g/mol. The normalized spacial score (nSPS) is 21.4. The van der Waals surface area contributed by atoms with Crippen LogP contribution in [0, 0.1) is 5.92 Å². The van der Waals surface area contributed by atoms with E-state index in [4.69, 9.17) is 4.74 Å². The van der Waals surface area contributed by atoms with Crippen molar-refractivity contribution in [1.82, 2.24) is 4.90 Å². The molecule has 110 valence electrons. The first-order valence-electron chi connectivity index (χ1n) is 7.16. The van der Waals surface area contributed by atoms with Gasteiger partial charge in [0.25, 0.3) is 5.91 Å². The first-order valence-corrected chi connectivity index (χ1v) is 7.16. The number of aliphatic hydroxyl groups is 1. The van der Waals surface area contributed by atoms with Crippen LogP contribution >= 0.6 is 0 Å². The molecule has 1 aliphatic carbocycles. The summed E-state index contributed by atoms with van der Waals surface area (Å²) < 4.78 is 5.56. The molecular weight excluding hydrogens is 254 g/mol. The standard InChI is InChI=1S/C16H23NO3/c1-11(2)20-15-6-4-13(5-7-15)16(19)17(3)10-12-8-14(18)9-12/h4-7,11-12,14,18H,8-10H2,1-3H3. The van der Waals surface area contributed by atoms with Crippen molar-refractivity contribution in [3.05, 3.63) is 29.8 Å². The van der Waals surface area contributed by atoms with Gasteiger partial charge in [0.15, 0.2) is 0 Å². The zero-order chi connectivity index (χ0) is 14.7. The molecule has 1 aromatic rings. The molecule has 4 heteroatoms. The molecule has 0 saturated heterocycles. The monoisotopic (exact) mass is 277 g/mol. The summed E-state index contributed by atoms with van der Waals surface area (Å²) in [4.78, 5) is 14.0. The number of ether oxygens (including phenoxy) is 1. The summed E-state index contributed by atoms with van der Waals surface area (Å²) in [5, 5.41) is 9.27. The summed E-state index contributed by atoms with van der Waals surface area (Å²) in [7, 11) is 1.81. The van der Waals surface area contributed by atoms with Crippen LogP contribution < -0.4 is 4.74 Å². The second-order valence-corrected chi connectivity index (χ2v) is 5.87. The van der Waals surface area contributed by atoms with E-state index in [1.54, 1.807) is 17.0 Å². The lowest BCUT2D eigenvalue weighted by atomic mass is 9.82. The summed E-state index contributed by atoms with van der Waals surface area (Å²) >= 11 is 0. The van der Waals surface area contributed by atoms with Crippen molar-refractivity contribution < 1.29 is 14.6 Å². The van der Waals surface area contributed by atoms with Crippen LogP contribution in [0.3, 0.4) is 0 Å². The molecule has 1 N–H and O–H groups in total. The number of hydrogen-bond acceptors (Lipinski definition) is 3. The third-order valence-corrected chi connectivity index (χ3v) is 3.56. The first kappa shape index (κ1) is 14.9. The highest BCUT2D eigenvalue weighted by Crippen LogP contribution is 2.28. The van der Waals surface area contributed by atoms with E-state index >= 15 is 0 Å². The number of rotatable bonds is 5. The Bertz CT molecular complexity index is 449. The second kappa shape index (κ2) is 6.27. The van der Waals surface area contributed by atoms with Crippen molar-refractivity contribution >= 4 is 5.91 Å². The molecule has 2 rings (SSSR count). The molecule has 0 unspecified atom stereocenters. The Balaban J connectivity index is 1.91. The third kappa shape index (κ3) is 3.73. The van der Waals surface area contributed by atoms with Crippen molar-refractivity contribution in [2.45, 2.75) is 38.9 Å². The molecule has 1 aromatic carbocycles. The summed E-state index contributed by atoms with van der Waals surface area (Å²) in [6.07, 6.45) is 1.57. The molecule has 20 heavy (non-hydrogen) atoms. The van der Waals surface area contributed by atoms with E-state index in [1.807, 2.05) is 33.0 Å². The maximum atomic E-state index is 12.3. The summed E-state index contributed by atoms with van der Waals surface area (Å²) in [5.74, 6) is 1.23. The van der Waals surface area contributed by atoms with E-state index < -0.39 is 0 Å². The highest BCUT2D eigenvalue weighted by atomic mass is 16.5. The smallest absolute Gasteiger partial charge is 0.253 e. The molecule has 0 spiro atoms. The lowest BCUT2D eigenvalue weighted by Crippen LogP contribution is -2.39. The summed E-state index contributed by atoms with van der Waals surface area (Å²) in [5.41, 5.74) is 0.670. The topological polar surface area (TPSA) is 49.8 Å². The predicted octanol–water partition coefficient (Wildman–Crippen LogP) is 2.32. The maximum absolute atomic E-state index is 12.3. The van der Waals surface area contributed by atoms with Crippen molar-refractivity contribution in [3.8, 4) is 5.75 Å². The van der Waals surface area contributed by atoms with Crippen molar-refractivity contribution in [2.24, 2.45) is 5.92 Å². The fraction of sp³-hybridized carbons (Fsp3) is 0.562. The molecule has 1 fully saturated rings. The fourth-order valence-electron chi connectivity index (χ4n) is 2.49. The van der Waals surface area contributed by atoms with Crippen molar-refractivity contribution in [3.63, 3.8) is 0 Å². The van der Waals surface area contributed by atoms with Crippen LogP contribution in [0.1, 0.15) is 37.0 Å². The van der Waals surface area contributed by atoms with Gasteiger partial charge in [0.1, 0.15) is 5.75 Å². The van der Waals surface area contributed by atoms with E-state index in [1.165, 1.54) is 0 Å². The molecule has 4 nitrogen and oxygen atoms in total.